The number of fused-ring (bicyclic) bond motifs is 5. The van der Waals surface area contributed by atoms with E-state index in [1.54, 1.807) is 0 Å². The number of rotatable bonds is 4. The maximum Gasteiger partial charge on any atom is 0.0650 e. The van der Waals surface area contributed by atoms with Crippen LogP contribution in [0.4, 0.5) is 0 Å². The van der Waals surface area contributed by atoms with Gasteiger partial charge in [-0.2, -0.15) is 5.10 Å². The SMILES string of the molecule is OC(Cc1ccn(C2CCCC2)n1)C1C2C3CCC(C3)C12. The van der Waals surface area contributed by atoms with Gasteiger partial charge in [0, 0.05) is 12.6 Å². The highest BCUT2D eigenvalue weighted by Crippen LogP contribution is 2.70. The molecule has 4 saturated carbocycles. The fourth-order valence-electron chi connectivity index (χ4n) is 6.12. The van der Waals surface area contributed by atoms with Crippen molar-refractivity contribution in [3.63, 3.8) is 0 Å². The molecule has 0 aliphatic heterocycles. The second kappa shape index (κ2) is 4.58. The number of aliphatic hydroxyl groups is 1. The molecule has 4 aliphatic rings. The Kier molecular flexibility index (Phi) is 2.77. The minimum Gasteiger partial charge on any atom is -0.392 e. The van der Waals surface area contributed by atoms with E-state index in [-0.39, 0.29) is 6.10 Å². The van der Waals surface area contributed by atoms with Gasteiger partial charge in [-0.25, -0.2) is 0 Å². The first kappa shape index (κ1) is 12.7. The highest BCUT2D eigenvalue weighted by Gasteiger charge is 2.66. The third-order valence-corrected chi connectivity index (χ3v) is 7.02. The molecule has 4 fully saturated rings. The van der Waals surface area contributed by atoms with Crippen molar-refractivity contribution in [1.29, 1.82) is 0 Å². The molecule has 21 heavy (non-hydrogen) atoms. The van der Waals surface area contributed by atoms with Gasteiger partial charge in [0.25, 0.3) is 0 Å². The second-order valence-corrected chi connectivity index (χ2v) is 8.06. The zero-order chi connectivity index (χ0) is 14.0. The molecule has 0 amide bonds. The molecule has 2 bridgehead atoms. The van der Waals surface area contributed by atoms with E-state index in [1.807, 2.05) is 0 Å². The Morgan fingerprint density at radius 3 is 2.57 bits per heavy atom. The average Bonchev–Trinajstić information content (AvgIpc) is 3.04. The fourth-order valence-corrected chi connectivity index (χ4v) is 6.12. The zero-order valence-electron chi connectivity index (χ0n) is 12.7. The molecule has 1 N–H and O–H groups in total. The van der Waals surface area contributed by atoms with Crippen molar-refractivity contribution >= 4 is 0 Å². The van der Waals surface area contributed by atoms with E-state index in [2.05, 4.69) is 16.9 Å². The Bertz CT molecular complexity index is 517. The van der Waals surface area contributed by atoms with E-state index in [0.29, 0.717) is 12.0 Å². The van der Waals surface area contributed by atoms with E-state index in [9.17, 15) is 5.11 Å². The number of nitrogens with zero attached hydrogens (tertiary/aromatic N) is 2. The summed E-state index contributed by atoms with van der Waals surface area (Å²) in [6.45, 7) is 0. The Morgan fingerprint density at radius 2 is 1.86 bits per heavy atom. The summed E-state index contributed by atoms with van der Waals surface area (Å²) >= 11 is 0. The lowest BCUT2D eigenvalue weighted by Crippen LogP contribution is -2.19. The smallest absolute Gasteiger partial charge is 0.0650 e. The van der Waals surface area contributed by atoms with E-state index >= 15 is 0 Å². The van der Waals surface area contributed by atoms with Gasteiger partial charge in [0.1, 0.15) is 0 Å². The number of aromatic nitrogens is 2. The predicted molar refractivity (Wildman–Crippen MR) is 80.7 cm³/mol. The van der Waals surface area contributed by atoms with Crippen LogP contribution >= 0.6 is 0 Å². The van der Waals surface area contributed by atoms with Gasteiger partial charge in [-0.15, -0.1) is 0 Å². The fraction of sp³-hybridized carbons (Fsp3) is 0.833. The van der Waals surface area contributed by atoms with Crippen LogP contribution in [0.25, 0.3) is 0 Å². The van der Waals surface area contributed by atoms with Gasteiger partial charge in [-0.1, -0.05) is 12.8 Å². The highest BCUT2D eigenvalue weighted by molar-refractivity contribution is 5.16. The number of hydrogen-bond acceptors (Lipinski definition) is 2. The van der Waals surface area contributed by atoms with E-state index in [1.165, 1.54) is 44.9 Å². The first-order valence-electron chi connectivity index (χ1n) is 9.03. The quantitative estimate of drug-likeness (QED) is 0.923. The third kappa shape index (κ3) is 1.93. The normalized spacial score (nSPS) is 42.4. The zero-order valence-corrected chi connectivity index (χ0v) is 12.7. The van der Waals surface area contributed by atoms with Crippen LogP contribution in [0.5, 0.6) is 0 Å². The minimum absolute atomic E-state index is 0.143. The molecule has 5 rings (SSSR count). The van der Waals surface area contributed by atoms with Crippen LogP contribution in [-0.4, -0.2) is 21.0 Å². The summed E-state index contributed by atoms with van der Waals surface area (Å²) in [5.74, 6) is 4.26. The first-order valence-corrected chi connectivity index (χ1v) is 9.03. The molecule has 0 saturated heterocycles. The van der Waals surface area contributed by atoms with Crippen molar-refractivity contribution in [2.45, 2.75) is 63.5 Å². The Balaban J connectivity index is 1.24. The number of hydrogen-bond donors (Lipinski definition) is 1. The Hall–Kier alpha value is -0.830. The van der Waals surface area contributed by atoms with Crippen LogP contribution in [0, 0.1) is 29.6 Å². The van der Waals surface area contributed by atoms with Crippen LogP contribution < -0.4 is 0 Å². The van der Waals surface area contributed by atoms with Gasteiger partial charge < -0.3 is 5.11 Å². The molecule has 5 unspecified atom stereocenters. The molecule has 5 atom stereocenters. The molecule has 0 aromatic carbocycles. The van der Waals surface area contributed by atoms with Crippen molar-refractivity contribution in [2.24, 2.45) is 29.6 Å². The Morgan fingerprint density at radius 1 is 1.14 bits per heavy atom. The second-order valence-electron chi connectivity index (χ2n) is 8.06. The molecular formula is C18H26N2O. The van der Waals surface area contributed by atoms with Crippen molar-refractivity contribution in [3.05, 3.63) is 18.0 Å². The van der Waals surface area contributed by atoms with Crippen LogP contribution in [0.2, 0.25) is 0 Å². The molecule has 4 aliphatic carbocycles. The van der Waals surface area contributed by atoms with Crippen LogP contribution in [-0.2, 0) is 6.42 Å². The lowest BCUT2D eigenvalue weighted by molar-refractivity contribution is 0.127. The van der Waals surface area contributed by atoms with E-state index < -0.39 is 0 Å². The molecule has 1 aromatic heterocycles. The lowest BCUT2D eigenvalue weighted by atomic mass is 9.97. The van der Waals surface area contributed by atoms with Crippen molar-refractivity contribution in [3.8, 4) is 0 Å². The standard InChI is InChI=1S/C18H26N2O/c21-15(18-16-11-5-6-12(9-11)17(16)18)10-13-7-8-20(19-13)14-3-1-2-4-14/h7-8,11-12,14-18,21H,1-6,9-10H2. The third-order valence-electron chi connectivity index (χ3n) is 7.02. The summed E-state index contributed by atoms with van der Waals surface area (Å²) < 4.78 is 2.16. The molecule has 0 radical (unpaired) electrons. The van der Waals surface area contributed by atoms with Crippen LogP contribution in [0.1, 0.15) is 56.7 Å². The summed E-state index contributed by atoms with van der Waals surface area (Å²) in [5, 5.41) is 15.4. The molecule has 1 aromatic rings. The molecule has 114 valence electrons. The maximum atomic E-state index is 10.6. The summed E-state index contributed by atoms with van der Waals surface area (Å²) in [4.78, 5) is 0. The van der Waals surface area contributed by atoms with Gasteiger partial charge in [0.2, 0.25) is 0 Å². The molecule has 1 heterocycles. The van der Waals surface area contributed by atoms with Crippen molar-refractivity contribution < 1.29 is 5.11 Å². The summed E-state index contributed by atoms with van der Waals surface area (Å²) in [6.07, 6.45) is 12.3. The number of aliphatic hydroxyl groups excluding tert-OH is 1. The van der Waals surface area contributed by atoms with Crippen molar-refractivity contribution in [1.82, 2.24) is 9.78 Å². The summed E-state index contributed by atoms with van der Waals surface area (Å²) in [5.41, 5.74) is 1.10. The van der Waals surface area contributed by atoms with Crippen LogP contribution in [0.15, 0.2) is 12.3 Å². The van der Waals surface area contributed by atoms with Crippen molar-refractivity contribution in [2.75, 3.05) is 0 Å². The van der Waals surface area contributed by atoms with Crippen LogP contribution in [0.3, 0.4) is 0 Å². The lowest BCUT2D eigenvalue weighted by Gasteiger charge is -2.14. The predicted octanol–water partition coefficient (Wildman–Crippen LogP) is 3.19. The Labute approximate surface area is 126 Å². The van der Waals surface area contributed by atoms with Gasteiger partial charge in [-0.3, -0.25) is 4.68 Å². The van der Waals surface area contributed by atoms with Gasteiger partial charge >= 0.3 is 0 Å². The molecule has 3 nitrogen and oxygen atoms in total. The van der Waals surface area contributed by atoms with Gasteiger partial charge in [0.15, 0.2) is 0 Å². The minimum atomic E-state index is -0.143. The first-order chi connectivity index (χ1) is 10.3. The highest BCUT2D eigenvalue weighted by atomic mass is 16.3. The maximum absolute atomic E-state index is 10.6. The van der Waals surface area contributed by atoms with Gasteiger partial charge in [0.05, 0.1) is 17.8 Å². The molecule has 0 spiro atoms. The molecular weight excluding hydrogens is 260 g/mol. The monoisotopic (exact) mass is 286 g/mol. The largest absolute Gasteiger partial charge is 0.392 e. The van der Waals surface area contributed by atoms with Gasteiger partial charge in [-0.05, 0) is 67.8 Å². The van der Waals surface area contributed by atoms with E-state index in [4.69, 9.17) is 5.10 Å². The van der Waals surface area contributed by atoms with E-state index in [0.717, 1.165) is 35.8 Å². The summed E-state index contributed by atoms with van der Waals surface area (Å²) in [7, 11) is 0. The summed E-state index contributed by atoms with van der Waals surface area (Å²) in [6, 6.07) is 2.75. The average molecular weight is 286 g/mol. The molecule has 3 heteroatoms. The topological polar surface area (TPSA) is 38.0 Å².